The molecule has 0 radical (unpaired) electrons. The summed E-state index contributed by atoms with van der Waals surface area (Å²) in [6.07, 6.45) is 0.650. The van der Waals surface area contributed by atoms with Crippen LogP contribution >= 0.6 is 0 Å². The molecule has 13 heavy (non-hydrogen) atoms. The molecule has 0 heterocycles. The van der Waals surface area contributed by atoms with Crippen molar-refractivity contribution < 1.29 is 8.42 Å². The Labute approximate surface area is 79.5 Å². The highest BCUT2D eigenvalue weighted by Gasteiger charge is 2.20. The first kappa shape index (κ1) is 10.3. The van der Waals surface area contributed by atoms with Crippen molar-refractivity contribution >= 4 is 9.84 Å². The molecule has 0 unspecified atom stereocenters. The van der Waals surface area contributed by atoms with Gasteiger partial charge in [-0.2, -0.15) is 0 Å². The quantitative estimate of drug-likeness (QED) is 0.746. The van der Waals surface area contributed by atoms with Crippen molar-refractivity contribution in [1.29, 1.82) is 0 Å². The molecule has 0 spiro atoms. The lowest BCUT2D eigenvalue weighted by Crippen LogP contribution is -2.16. The van der Waals surface area contributed by atoms with Crippen LogP contribution in [0.2, 0.25) is 0 Å². The molecular weight excluding hydrogens is 184 g/mol. The topological polar surface area (TPSA) is 34.1 Å². The molecule has 1 aromatic rings. The Bertz CT molecular complexity index is 354. The van der Waals surface area contributed by atoms with Crippen molar-refractivity contribution in [3.63, 3.8) is 0 Å². The summed E-state index contributed by atoms with van der Waals surface area (Å²) in [4.78, 5) is 0.421. The van der Waals surface area contributed by atoms with Gasteiger partial charge < -0.3 is 0 Å². The number of benzene rings is 1. The molecule has 0 saturated heterocycles. The minimum Gasteiger partial charge on any atom is -0.223 e. The minimum atomic E-state index is -3.09. The van der Waals surface area contributed by atoms with E-state index in [0.717, 1.165) is 0 Å². The van der Waals surface area contributed by atoms with Crippen LogP contribution in [0.4, 0.5) is 0 Å². The average molecular weight is 198 g/mol. The molecule has 0 amide bonds. The van der Waals surface area contributed by atoms with Gasteiger partial charge in [0.15, 0.2) is 9.84 Å². The van der Waals surface area contributed by atoms with Crippen molar-refractivity contribution in [2.45, 2.75) is 30.4 Å². The molecule has 0 N–H and O–H groups in total. The summed E-state index contributed by atoms with van der Waals surface area (Å²) in [5.41, 5.74) is 0. The Balaban J connectivity index is 3.09. The molecule has 1 atom stereocenters. The van der Waals surface area contributed by atoms with Crippen molar-refractivity contribution in [3.05, 3.63) is 30.3 Å². The monoisotopic (exact) mass is 198 g/mol. The molecule has 0 bridgehead atoms. The van der Waals surface area contributed by atoms with Crippen LogP contribution in [0.15, 0.2) is 35.2 Å². The van der Waals surface area contributed by atoms with Gasteiger partial charge in [0.1, 0.15) is 0 Å². The Morgan fingerprint density at radius 3 is 2.23 bits per heavy atom. The Morgan fingerprint density at radius 2 is 1.77 bits per heavy atom. The van der Waals surface area contributed by atoms with Crippen LogP contribution in [0.1, 0.15) is 20.3 Å². The van der Waals surface area contributed by atoms with Crippen molar-refractivity contribution in [2.75, 3.05) is 0 Å². The van der Waals surface area contributed by atoms with Gasteiger partial charge in [-0.25, -0.2) is 8.42 Å². The fourth-order valence-corrected chi connectivity index (χ4v) is 2.50. The second-order valence-corrected chi connectivity index (χ2v) is 5.44. The van der Waals surface area contributed by atoms with Crippen molar-refractivity contribution in [2.24, 2.45) is 0 Å². The first-order chi connectivity index (χ1) is 6.09. The third-order valence-electron chi connectivity index (χ3n) is 2.18. The summed E-state index contributed by atoms with van der Waals surface area (Å²) >= 11 is 0. The second-order valence-electron chi connectivity index (χ2n) is 3.08. The second kappa shape index (κ2) is 3.92. The van der Waals surface area contributed by atoms with E-state index in [9.17, 15) is 8.42 Å². The van der Waals surface area contributed by atoms with Gasteiger partial charge in [0.2, 0.25) is 0 Å². The number of hydrogen-bond donors (Lipinski definition) is 0. The van der Waals surface area contributed by atoms with E-state index in [4.69, 9.17) is 0 Å². The van der Waals surface area contributed by atoms with Gasteiger partial charge in [-0.15, -0.1) is 0 Å². The lowest BCUT2D eigenvalue weighted by molar-refractivity contribution is 0.581. The van der Waals surface area contributed by atoms with E-state index in [2.05, 4.69) is 0 Å². The molecule has 72 valence electrons. The zero-order chi connectivity index (χ0) is 9.90. The maximum Gasteiger partial charge on any atom is 0.180 e. The molecular formula is C10H14O2S. The molecule has 0 aliphatic carbocycles. The van der Waals surface area contributed by atoms with E-state index in [1.54, 1.807) is 31.2 Å². The average Bonchev–Trinajstić information content (AvgIpc) is 2.18. The van der Waals surface area contributed by atoms with Gasteiger partial charge >= 0.3 is 0 Å². The molecule has 0 fully saturated rings. The van der Waals surface area contributed by atoms with Crippen LogP contribution in [0.3, 0.4) is 0 Å². The first-order valence-corrected chi connectivity index (χ1v) is 5.92. The van der Waals surface area contributed by atoms with Crippen molar-refractivity contribution in [1.82, 2.24) is 0 Å². The maximum atomic E-state index is 11.8. The highest BCUT2D eigenvalue weighted by Crippen LogP contribution is 2.16. The third-order valence-corrected chi connectivity index (χ3v) is 4.50. The van der Waals surface area contributed by atoms with Gasteiger partial charge in [0.25, 0.3) is 0 Å². The Kier molecular flexibility index (Phi) is 3.09. The smallest absolute Gasteiger partial charge is 0.180 e. The Hall–Kier alpha value is -0.830. The van der Waals surface area contributed by atoms with Gasteiger partial charge in [0, 0.05) is 0 Å². The van der Waals surface area contributed by atoms with Crippen LogP contribution in [0, 0.1) is 0 Å². The van der Waals surface area contributed by atoms with E-state index in [1.165, 1.54) is 0 Å². The van der Waals surface area contributed by atoms with Gasteiger partial charge in [-0.05, 0) is 25.5 Å². The summed E-state index contributed by atoms with van der Waals surface area (Å²) in [6, 6.07) is 8.59. The fourth-order valence-electron chi connectivity index (χ4n) is 1.06. The lowest BCUT2D eigenvalue weighted by Gasteiger charge is -2.09. The molecule has 0 saturated carbocycles. The maximum absolute atomic E-state index is 11.8. The summed E-state index contributed by atoms with van der Waals surface area (Å²) in [6.45, 7) is 3.62. The van der Waals surface area contributed by atoms with Crippen LogP contribution in [-0.4, -0.2) is 13.7 Å². The number of rotatable bonds is 3. The highest BCUT2D eigenvalue weighted by atomic mass is 32.2. The summed E-state index contributed by atoms with van der Waals surface area (Å²) in [5, 5.41) is -0.296. The molecule has 0 aliphatic rings. The zero-order valence-electron chi connectivity index (χ0n) is 7.90. The number of sulfone groups is 1. The fraction of sp³-hybridized carbons (Fsp3) is 0.400. The first-order valence-electron chi connectivity index (χ1n) is 4.38. The molecule has 2 nitrogen and oxygen atoms in total. The van der Waals surface area contributed by atoms with E-state index >= 15 is 0 Å². The van der Waals surface area contributed by atoms with E-state index in [0.29, 0.717) is 11.3 Å². The van der Waals surface area contributed by atoms with E-state index in [-0.39, 0.29) is 5.25 Å². The number of hydrogen-bond acceptors (Lipinski definition) is 2. The molecule has 0 aromatic heterocycles. The normalized spacial score (nSPS) is 14.0. The third kappa shape index (κ3) is 2.10. The predicted molar refractivity (Wildman–Crippen MR) is 53.4 cm³/mol. The Morgan fingerprint density at radius 1 is 1.23 bits per heavy atom. The predicted octanol–water partition coefficient (Wildman–Crippen LogP) is 2.26. The van der Waals surface area contributed by atoms with E-state index in [1.807, 2.05) is 13.0 Å². The molecule has 0 aliphatic heterocycles. The highest BCUT2D eigenvalue weighted by molar-refractivity contribution is 7.92. The van der Waals surface area contributed by atoms with Gasteiger partial charge in [0.05, 0.1) is 10.1 Å². The largest absolute Gasteiger partial charge is 0.223 e. The molecule has 3 heteroatoms. The van der Waals surface area contributed by atoms with E-state index < -0.39 is 9.84 Å². The van der Waals surface area contributed by atoms with Crippen LogP contribution in [0.25, 0.3) is 0 Å². The zero-order valence-corrected chi connectivity index (χ0v) is 8.71. The van der Waals surface area contributed by atoms with Crippen LogP contribution in [-0.2, 0) is 9.84 Å². The van der Waals surface area contributed by atoms with Gasteiger partial charge in [-0.3, -0.25) is 0 Å². The van der Waals surface area contributed by atoms with Crippen LogP contribution in [0.5, 0.6) is 0 Å². The summed E-state index contributed by atoms with van der Waals surface area (Å²) in [5.74, 6) is 0. The summed E-state index contributed by atoms with van der Waals surface area (Å²) < 4.78 is 23.5. The lowest BCUT2D eigenvalue weighted by atomic mass is 10.4. The van der Waals surface area contributed by atoms with Crippen LogP contribution < -0.4 is 0 Å². The summed E-state index contributed by atoms with van der Waals surface area (Å²) in [7, 11) is -3.09. The SMILES string of the molecule is CC[C@H](C)S(=O)(=O)c1ccccc1. The standard InChI is InChI=1S/C10H14O2S/c1-3-9(2)13(11,12)10-7-5-4-6-8-10/h4-9H,3H2,1-2H3/t9-/m0/s1. The van der Waals surface area contributed by atoms with Gasteiger partial charge in [-0.1, -0.05) is 25.1 Å². The van der Waals surface area contributed by atoms with Crippen molar-refractivity contribution in [3.8, 4) is 0 Å². The molecule has 1 rings (SSSR count). The molecule has 1 aromatic carbocycles. The minimum absolute atomic E-state index is 0.296.